The van der Waals surface area contributed by atoms with Gasteiger partial charge in [-0.1, -0.05) is 11.6 Å². The fourth-order valence-electron chi connectivity index (χ4n) is 2.26. The lowest BCUT2D eigenvalue weighted by Crippen LogP contribution is -2.42. The van der Waals surface area contributed by atoms with Gasteiger partial charge in [-0.3, -0.25) is 4.79 Å². The van der Waals surface area contributed by atoms with E-state index in [1.54, 1.807) is 0 Å². The minimum Gasteiger partial charge on any atom is -0.480 e. The molecule has 0 saturated carbocycles. The maximum atomic E-state index is 11.9. The van der Waals surface area contributed by atoms with Crippen molar-refractivity contribution in [3.05, 3.63) is 11.6 Å². The molecule has 1 atom stereocenters. The van der Waals surface area contributed by atoms with Crippen LogP contribution in [0.5, 0.6) is 0 Å². The maximum Gasteiger partial charge on any atom is 0.326 e. The second-order valence-electron chi connectivity index (χ2n) is 6.49. The van der Waals surface area contributed by atoms with Crippen molar-refractivity contribution in [1.29, 1.82) is 0 Å². The zero-order valence-electron chi connectivity index (χ0n) is 13.3. The molecule has 21 heavy (non-hydrogen) atoms. The molecule has 0 aromatic rings. The Bertz CT molecular complexity index is 396. The van der Waals surface area contributed by atoms with Gasteiger partial charge in [0.25, 0.3) is 0 Å². The third-order valence-electron chi connectivity index (χ3n) is 3.35. The predicted octanol–water partition coefficient (Wildman–Crippen LogP) is 2.65. The molecule has 1 aliphatic carbocycles. The van der Waals surface area contributed by atoms with E-state index in [1.165, 1.54) is 6.42 Å². The van der Waals surface area contributed by atoms with Crippen LogP contribution in [0.1, 0.15) is 59.3 Å². The van der Waals surface area contributed by atoms with Crippen LogP contribution in [0.2, 0.25) is 0 Å². The van der Waals surface area contributed by atoms with E-state index in [1.807, 2.05) is 20.8 Å². The molecule has 0 heterocycles. The second-order valence-corrected chi connectivity index (χ2v) is 6.49. The second kappa shape index (κ2) is 8.17. The molecule has 5 heteroatoms. The molecule has 0 spiro atoms. The first kappa shape index (κ1) is 17.7. The standard InChI is InChI=1S/C16H27NO4/c1-16(2,3)21-10-9-13(15(19)20)17-14(18)11-12-7-5-4-6-8-12/h7,13H,4-6,8-11H2,1-3H3,(H,17,18)(H,19,20). The number of aliphatic carboxylic acids is 1. The summed E-state index contributed by atoms with van der Waals surface area (Å²) < 4.78 is 5.52. The SMILES string of the molecule is CC(C)(C)OCCC(NC(=O)CC1=CCCCC1)C(=O)O. The van der Waals surface area contributed by atoms with Gasteiger partial charge >= 0.3 is 5.97 Å². The van der Waals surface area contributed by atoms with Crippen molar-refractivity contribution in [2.45, 2.75) is 70.9 Å². The summed E-state index contributed by atoms with van der Waals surface area (Å²) in [5.41, 5.74) is 0.814. The molecular weight excluding hydrogens is 270 g/mol. The van der Waals surface area contributed by atoms with Gasteiger partial charge in [-0.15, -0.1) is 0 Å². The van der Waals surface area contributed by atoms with Crippen LogP contribution in [-0.2, 0) is 14.3 Å². The first-order valence-electron chi connectivity index (χ1n) is 7.62. The van der Waals surface area contributed by atoms with Crippen LogP contribution < -0.4 is 5.32 Å². The van der Waals surface area contributed by atoms with Gasteiger partial charge < -0.3 is 15.2 Å². The highest BCUT2D eigenvalue weighted by Gasteiger charge is 2.21. The summed E-state index contributed by atoms with van der Waals surface area (Å²) in [5.74, 6) is -1.23. The van der Waals surface area contributed by atoms with E-state index in [4.69, 9.17) is 4.74 Å². The fraction of sp³-hybridized carbons (Fsp3) is 0.750. The Balaban J connectivity index is 2.40. The van der Waals surface area contributed by atoms with E-state index in [0.29, 0.717) is 13.0 Å². The van der Waals surface area contributed by atoms with Crippen LogP contribution in [0, 0.1) is 0 Å². The van der Waals surface area contributed by atoms with Crippen LogP contribution in [0.4, 0.5) is 0 Å². The Morgan fingerprint density at radius 1 is 1.38 bits per heavy atom. The molecule has 0 aliphatic heterocycles. The molecule has 5 nitrogen and oxygen atoms in total. The van der Waals surface area contributed by atoms with Gasteiger partial charge in [0.05, 0.1) is 5.60 Å². The molecule has 0 radical (unpaired) electrons. The minimum absolute atomic E-state index is 0.216. The molecule has 1 amide bonds. The molecular formula is C16H27NO4. The lowest BCUT2D eigenvalue weighted by molar-refractivity contribution is -0.142. The van der Waals surface area contributed by atoms with Gasteiger partial charge in [-0.05, 0) is 46.5 Å². The average Bonchev–Trinajstić information content (AvgIpc) is 2.37. The van der Waals surface area contributed by atoms with Crippen molar-refractivity contribution in [3.8, 4) is 0 Å². The summed E-state index contributed by atoms with van der Waals surface area (Å²) in [6.45, 7) is 6.05. The highest BCUT2D eigenvalue weighted by atomic mass is 16.5. The van der Waals surface area contributed by atoms with Crippen molar-refractivity contribution in [1.82, 2.24) is 5.32 Å². The fourth-order valence-corrected chi connectivity index (χ4v) is 2.26. The van der Waals surface area contributed by atoms with Gasteiger partial charge in [0.1, 0.15) is 6.04 Å². The summed E-state index contributed by atoms with van der Waals surface area (Å²) >= 11 is 0. The molecule has 0 aromatic carbocycles. The number of carbonyl (C=O) groups excluding carboxylic acids is 1. The number of carboxylic acid groups (broad SMARTS) is 1. The lowest BCUT2D eigenvalue weighted by atomic mass is 9.97. The normalized spacial score (nSPS) is 17.0. The minimum atomic E-state index is -1.02. The zero-order chi connectivity index (χ0) is 15.9. The number of carbonyl (C=O) groups is 2. The number of nitrogens with one attached hydrogen (secondary N) is 1. The van der Waals surface area contributed by atoms with E-state index in [9.17, 15) is 14.7 Å². The highest BCUT2D eigenvalue weighted by Crippen LogP contribution is 2.20. The highest BCUT2D eigenvalue weighted by molar-refractivity contribution is 5.84. The summed E-state index contributed by atoms with van der Waals surface area (Å²) in [7, 11) is 0. The third kappa shape index (κ3) is 7.85. The lowest BCUT2D eigenvalue weighted by Gasteiger charge is -2.21. The molecule has 2 N–H and O–H groups in total. The molecule has 120 valence electrons. The van der Waals surface area contributed by atoms with Crippen molar-refractivity contribution < 1.29 is 19.4 Å². The maximum absolute atomic E-state index is 11.9. The zero-order valence-corrected chi connectivity index (χ0v) is 13.3. The van der Waals surface area contributed by atoms with E-state index < -0.39 is 12.0 Å². The number of hydrogen-bond acceptors (Lipinski definition) is 3. The van der Waals surface area contributed by atoms with Gasteiger partial charge in [-0.25, -0.2) is 4.79 Å². The van der Waals surface area contributed by atoms with Gasteiger partial charge in [0.2, 0.25) is 5.91 Å². The van der Waals surface area contributed by atoms with E-state index in [-0.39, 0.29) is 17.9 Å². The molecule has 1 unspecified atom stereocenters. The average molecular weight is 297 g/mol. The first-order valence-corrected chi connectivity index (χ1v) is 7.62. The van der Waals surface area contributed by atoms with Gasteiger partial charge in [-0.2, -0.15) is 0 Å². The van der Waals surface area contributed by atoms with Crippen LogP contribution >= 0.6 is 0 Å². The quantitative estimate of drug-likeness (QED) is 0.708. The van der Waals surface area contributed by atoms with E-state index >= 15 is 0 Å². The Morgan fingerprint density at radius 2 is 2.10 bits per heavy atom. The first-order chi connectivity index (χ1) is 9.78. The molecule has 0 bridgehead atoms. The molecule has 0 saturated heterocycles. The molecule has 1 aliphatic rings. The Kier molecular flexibility index (Phi) is 6.89. The van der Waals surface area contributed by atoms with Crippen LogP contribution in [0.3, 0.4) is 0 Å². The molecule has 1 rings (SSSR count). The van der Waals surface area contributed by atoms with Crippen molar-refractivity contribution in [3.63, 3.8) is 0 Å². The molecule has 0 fully saturated rings. The Morgan fingerprint density at radius 3 is 2.62 bits per heavy atom. The van der Waals surface area contributed by atoms with Crippen LogP contribution in [0.25, 0.3) is 0 Å². The largest absolute Gasteiger partial charge is 0.480 e. The number of amides is 1. The summed E-state index contributed by atoms with van der Waals surface area (Å²) in [6, 6.07) is -0.885. The number of carboxylic acids is 1. The van der Waals surface area contributed by atoms with Crippen molar-refractivity contribution >= 4 is 11.9 Å². The van der Waals surface area contributed by atoms with Crippen LogP contribution in [0.15, 0.2) is 11.6 Å². The van der Waals surface area contributed by atoms with Crippen LogP contribution in [-0.4, -0.2) is 35.2 Å². The monoisotopic (exact) mass is 297 g/mol. The number of rotatable bonds is 7. The van der Waals surface area contributed by atoms with E-state index in [2.05, 4.69) is 11.4 Å². The van der Waals surface area contributed by atoms with Crippen molar-refractivity contribution in [2.75, 3.05) is 6.61 Å². The molecule has 0 aromatic heterocycles. The summed E-state index contributed by atoms with van der Waals surface area (Å²) in [4.78, 5) is 23.1. The van der Waals surface area contributed by atoms with Gasteiger partial charge in [0.15, 0.2) is 0 Å². The number of ether oxygens (including phenoxy) is 1. The van der Waals surface area contributed by atoms with E-state index in [0.717, 1.165) is 24.8 Å². The number of allylic oxidation sites excluding steroid dienone is 1. The summed E-state index contributed by atoms with van der Waals surface area (Å²) in [5, 5.41) is 11.8. The van der Waals surface area contributed by atoms with Gasteiger partial charge in [0, 0.05) is 19.4 Å². The predicted molar refractivity (Wildman–Crippen MR) is 81.1 cm³/mol. The smallest absolute Gasteiger partial charge is 0.326 e. The van der Waals surface area contributed by atoms with Crippen molar-refractivity contribution in [2.24, 2.45) is 0 Å². The Hall–Kier alpha value is -1.36. The number of hydrogen-bond donors (Lipinski definition) is 2. The topological polar surface area (TPSA) is 75.6 Å². The Labute approximate surface area is 126 Å². The summed E-state index contributed by atoms with van der Waals surface area (Å²) in [6.07, 6.45) is 6.93. The third-order valence-corrected chi connectivity index (χ3v) is 3.35.